The zero-order chi connectivity index (χ0) is 19.8. The molecule has 1 aliphatic carbocycles. The minimum atomic E-state index is 0. The Balaban J connectivity index is 0.00000300. The number of rotatable bonds is 9. The summed E-state index contributed by atoms with van der Waals surface area (Å²) in [5.74, 6) is 0.600. The van der Waals surface area contributed by atoms with E-state index in [4.69, 9.17) is 0 Å². The van der Waals surface area contributed by atoms with Crippen LogP contribution in [0.2, 0.25) is 0 Å². The molecule has 0 saturated heterocycles. The van der Waals surface area contributed by atoms with E-state index in [9.17, 15) is 0 Å². The molecule has 0 bridgehead atoms. The molecule has 1 unspecified atom stereocenters. The van der Waals surface area contributed by atoms with Crippen LogP contribution in [-0.4, -0.2) is 24.5 Å². The highest BCUT2D eigenvalue weighted by Gasteiger charge is 2.23. The van der Waals surface area contributed by atoms with Crippen molar-refractivity contribution < 1.29 is 0 Å². The van der Waals surface area contributed by atoms with Gasteiger partial charge in [0.05, 0.1) is 0 Å². The van der Waals surface area contributed by atoms with Gasteiger partial charge >= 0.3 is 0 Å². The largest absolute Gasteiger partial charge is 0.296 e. The molecule has 1 aliphatic rings. The molecule has 0 amide bonds. The van der Waals surface area contributed by atoms with Crippen molar-refractivity contribution in [3.63, 3.8) is 0 Å². The molecule has 1 atom stereocenters. The van der Waals surface area contributed by atoms with Crippen LogP contribution in [0.5, 0.6) is 0 Å². The van der Waals surface area contributed by atoms with Gasteiger partial charge in [0.25, 0.3) is 0 Å². The van der Waals surface area contributed by atoms with E-state index in [0.717, 1.165) is 32.5 Å². The predicted molar refractivity (Wildman–Crippen MR) is 130 cm³/mol. The lowest BCUT2D eigenvalue weighted by Gasteiger charge is -2.28. The first-order valence-corrected chi connectivity index (χ1v) is 10.5. The number of fused-ring (bicyclic) bond motifs is 1. The van der Waals surface area contributed by atoms with Gasteiger partial charge in [0.1, 0.15) is 0 Å². The molecule has 3 rings (SSSR count). The van der Waals surface area contributed by atoms with Crippen molar-refractivity contribution in [2.45, 2.75) is 32.6 Å². The Morgan fingerprint density at radius 2 is 1.66 bits per heavy atom. The van der Waals surface area contributed by atoms with Crippen LogP contribution in [0.15, 0.2) is 79.9 Å². The fourth-order valence-corrected chi connectivity index (χ4v) is 4.38. The standard InChI is InChI=1S/C27H33N.ClH/c1-4-18-28(19-5-2)20-10-15-27(26-14-9-6-11-22(26)3)25-17-16-23-12-7-8-13-24(23)21-25;/h4-9,11-15,25H,1-2,10,16-21H2,3H3;1H. The summed E-state index contributed by atoms with van der Waals surface area (Å²) in [7, 11) is 0. The molecule has 0 heterocycles. The van der Waals surface area contributed by atoms with Gasteiger partial charge in [0.15, 0.2) is 0 Å². The molecule has 0 aliphatic heterocycles. The second-order valence-corrected chi connectivity index (χ2v) is 7.81. The third-order valence-electron chi connectivity index (χ3n) is 5.83. The quantitative estimate of drug-likeness (QED) is 0.419. The molecular weight excluding hydrogens is 374 g/mol. The van der Waals surface area contributed by atoms with E-state index in [1.54, 1.807) is 0 Å². The lowest BCUT2D eigenvalue weighted by Crippen LogP contribution is -2.25. The lowest BCUT2D eigenvalue weighted by atomic mass is 9.77. The van der Waals surface area contributed by atoms with Gasteiger partial charge in [0, 0.05) is 19.6 Å². The number of nitrogens with zero attached hydrogens (tertiary/aromatic N) is 1. The molecule has 1 nitrogen and oxygen atoms in total. The molecule has 0 saturated carbocycles. The Hall–Kier alpha value is -2.09. The molecule has 29 heavy (non-hydrogen) atoms. The molecule has 2 aromatic carbocycles. The van der Waals surface area contributed by atoms with Crippen LogP contribution in [0.4, 0.5) is 0 Å². The van der Waals surface area contributed by atoms with Crippen LogP contribution in [0.25, 0.3) is 5.57 Å². The first-order valence-electron chi connectivity index (χ1n) is 10.5. The van der Waals surface area contributed by atoms with Gasteiger partial charge in [-0.25, -0.2) is 0 Å². The highest BCUT2D eigenvalue weighted by Crippen LogP contribution is 2.36. The fourth-order valence-electron chi connectivity index (χ4n) is 4.38. The zero-order valence-corrected chi connectivity index (χ0v) is 18.5. The van der Waals surface area contributed by atoms with Gasteiger partial charge in [-0.3, -0.25) is 4.90 Å². The number of hydrogen-bond acceptors (Lipinski definition) is 1. The Kier molecular flexibility index (Phi) is 9.44. The third kappa shape index (κ3) is 6.19. The van der Waals surface area contributed by atoms with E-state index >= 15 is 0 Å². The zero-order valence-electron chi connectivity index (χ0n) is 17.6. The normalized spacial score (nSPS) is 16.1. The van der Waals surface area contributed by atoms with Crippen molar-refractivity contribution in [1.82, 2.24) is 4.90 Å². The first kappa shape index (κ1) is 23.2. The van der Waals surface area contributed by atoms with E-state index in [2.05, 4.69) is 79.6 Å². The molecule has 2 aromatic rings. The first-order chi connectivity index (χ1) is 13.7. The van der Waals surface area contributed by atoms with Crippen LogP contribution in [0.1, 0.15) is 35.1 Å². The van der Waals surface area contributed by atoms with Gasteiger partial charge in [0.2, 0.25) is 0 Å². The van der Waals surface area contributed by atoms with E-state index in [-0.39, 0.29) is 12.4 Å². The second-order valence-electron chi connectivity index (χ2n) is 7.81. The van der Waals surface area contributed by atoms with Gasteiger partial charge in [-0.2, -0.15) is 0 Å². The Bertz CT molecular complexity index is 826. The molecule has 0 spiro atoms. The fraction of sp³-hybridized carbons (Fsp3) is 0.333. The van der Waals surface area contributed by atoms with E-state index < -0.39 is 0 Å². The van der Waals surface area contributed by atoms with Crippen LogP contribution in [0.3, 0.4) is 0 Å². The molecule has 0 fully saturated rings. The lowest BCUT2D eigenvalue weighted by molar-refractivity contribution is 0.342. The van der Waals surface area contributed by atoms with E-state index in [1.807, 2.05) is 12.2 Å². The van der Waals surface area contributed by atoms with E-state index in [1.165, 1.54) is 40.7 Å². The summed E-state index contributed by atoms with van der Waals surface area (Å²) >= 11 is 0. The summed E-state index contributed by atoms with van der Waals surface area (Å²) in [4.78, 5) is 2.39. The average molecular weight is 408 g/mol. The second kappa shape index (κ2) is 11.8. The van der Waals surface area contributed by atoms with Crippen molar-refractivity contribution in [3.8, 4) is 0 Å². The van der Waals surface area contributed by atoms with Gasteiger partial charge in [-0.1, -0.05) is 66.8 Å². The molecular formula is C27H34ClN. The van der Waals surface area contributed by atoms with Gasteiger partial charge < -0.3 is 0 Å². The number of hydrogen-bond donors (Lipinski definition) is 0. The topological polar surface area (TPSA) is 3.24 Å². The summed E-state index contributed by atoms with van der Waals surface area (Å²) < 4.78 is 0. The smallest absolute Gasteiger partial charge is 0.0164 e. The molecule has 0 N–H and O–H groups in total. The Labute approximate surface area is 183 Å². The maximum atomic E-state index is 3.89. The minimum absolute atomic E-state index is 0. The summed E-state index contributed by atoms with van der Waals surface area (Å²) in [5.41, 5.74) is 7.39. The SMILES string of the molecule is C=CCN(CC=C)CCC=C(c1ccccc1C)C1CCc2ccccc2C1.Cl. The maximum absolute atomic E-state index is 3.89. The monoisotopic (exact) mass is 407 g/mol. The van der Waals surface area contributed by atoms with Gasteiger partial charge in [-0.05, 0) is 66.4 Å². The number of halogens is 1. The number of benzene rings is 2. The van der Waals surface area contributed by atoms with Gasteiger partial charge in [-0.15, -0.1) is 25.6 Å². The summed E-state index contributed by atoms with van der Waals surface area (Å²) in [5, 5.41) is 0. The van der Waals surface area contributed by atoms with Crippen LogP contribution in [0, 0.1) is 12.8 Å². The van der Waals surface area contributed by atoms with Crippen molar-refractivity contribution in [2.24, 2.45) is 5.92 Å². The average Bonchev–Trinajstić information content (AvgIpc) is 2.72. The summed E-state index contributed by atoms with van der Waals surface area (Å²) in [6.07, 6.45) is 11.1. The van der Waals surface area contributed by atoms with Crippen molar-refractivity contribution in [1.29, 1.82) is 0 Å². The van der Waals surface area contributed by atoms with Crippen molar-refractivity contribution in [2.75, 3.05) is 19.6 Å². The Morgan fingerprint density at radius 1 is 1.00 bits per heavy atom. The highest BCUT2D eigenvalue weighted by atomic mass is 35.5. The number of aryl methyl sites for hydroxylation is 2. The Morgan fingerprint density at radius 3 is 2.34 bits per heavy atom. The molecule has 0 radical (unpaired) electrons. The molecule has 0 aromatic heterocycles. The van der Waals surface area contributed by atoms with E-state index in [0.29, 0.717) is 5.92 Å². The molecule has 154 valence electrons. The highest BCUT2D eigenvalue weighted by molar-refractivity contribution is 5.85. The summed E-state index contributed by atoms with van der Waals surface area (Å²) in [6, 6.07) is 17.8. The van der Waals surface area contributed by atoms with Crippen molar-refractivity contribution >= 4 is 18.0 Å². The van der Waals surface area contributed by atoms with Crippen LogP contribution in [-0.2, 0) is 12.8 Å². The maximum Gasteiger partial charge on any atom is 0.0164 e. The van der Waals surface area contributed by atoms with Crippen molar-refractivity contribution in [3.05, 3.63) is 102 Å². The predicted octanol–water partition coefficient (Wildman–Crippen LogP) is 6.67. The number of allylic oxidation sites excluding steroid dienone is 1. The molecule has 2 heteroatoms. The summed E-state index contributed by atoms with van der Waals surface area (Å²) in [6.45, 7) is 12.9. The van der Waals surface area contributed by atoms with Crippen LogP contribution >= 0.6 is 12.4 Å². The van der Waals surface area contributed by atoms with Crippen LogP contribution < -0.4 is 0 Å². The third-order valence-corrected chi connectivity index (χ3v) is 5.83. The minimum Gasteiger partial charge on any atom is -0.296 e.